The van der Waals surface area contributed by atoms with E-state index in [1.807, 2.05) is 13.8 Å². The van der Waals surface area contributed by atoms with Crippen LogP contribution in [-0.2, 0) is 0 Å². The van der Waals surface area contributed by atoms with Crippen molar-refractivity contribution in [3.63, 3.8) is 0 Å². The molecule has 0 aromatic carbocycles. The first-order valence-corrected chi connectivity index (χ1v) is 7.06. The van der Waals surface area contributed by atoms with Gasteiger partial charge in [-0.25, -0.2) is 4.68 Å². The van der Waals surface area contributed by atoms with E-state index in [0.29, 0.717) is 18.2 Å². The van der Waals surface area contributed by atoms with Crippen LogP contribution >= 0.6 is 11.6 Å². The molecule has 1 aromatic rings. The molecule has 0 radical (unpaired) electrons. The van der Waals surface area contributed by atoms with Crippen LogP contribution in [0, 0.1) is 5.92 Å². The number of hydrogen-bond donors (Lipinski definition) is 2. The molecule has 0 bridgehead atoms. The molecule has 1 fully saturated rings. The highest BCUT2D eigenvalue weighted by atomic mass is 35.5. The normalized spacial score (nSPS) is 23.0. The van der Waals surface area contributed by atoms with E-state index in [1.165, 1.54) is 4.68 Å². The first-order chi connectivity index (χ1) is 8.99. The van der Waals surface area contributed by atoms with E-state index >= 15 is 0 Å². The van der Waals surface area contributed by atoms with E-state index in [9.17, 15) is 9.90 Å². The van der Waals surface area contributed by atoms with Crippen LogP contribution in [0.2, 0.25) is 5.02 Å². The highest BCUT2D eigenvalue weighted by Crippen LogP contribution is 2.26. The van der Waals surface area contributed by atoms with Gasteiger partial charge in [0.15, 0.2) is 0 Å². The van der Waals surface area contributed by atoms with Crippen LogP contribution in [0.4, 0.5) is 5.69 Å². The standard InChI is InChI=1S/C13H20ClN3O2/c1-8(2)17-13(19)12(14)11(7-16-17)15-6-9-3-4-10(18)5-9/h7-10,15,18H,3-6H2,1-2H3. The number of anilines is 1. The molecule has 0 amide bonds. The molecule has 2 atom stereocenters. The lowest BCUT2D eigenvalue weighted by molar-refractivity contribution is 0.178. The number of nitrogens with one attached hydrogen (secondary N) is 1. The minimum atomic E-state index is -0.270. The highest BCUT2D eigenvalue weighted by Gasteiger charge is 2.22. The van der Waals surface area contributed by atoms with Gasteiger partial charge in [-0.1, -0.05) is 11.6 Å². The number of aromatic nitrogens is 2. The molecule has 5 nitrogen and oxygen atoms in total. The molecule has 106 valence electrons. The SMILES string of the molecule is CC(C)n1ncc(NCC2CCC(O)C2)c(Cl)c1=O. The average Bonchev–Trinajstić information content (AvgIpc) is 2.76. The van der Waals surface area contributed by atoms with E-state index < -0.39 is 0 Å². The predicted molar refractivity (Wildman–Crippen MR) is 75.7 cm³/mol. The predicted octanol–water partition coefficient (Wildman–Crippen LogP) is 2.05. The van der Waals surface area contributed by atoms with Crippen LogP contribution in [0.15, 0.2) is 11.0 Å². The minimum absolute atomic E-state index is 0.0102. The van der Waals surface area contributed by atoms with Crippen molar-refractivity contribution in [1.29, 1.82) is 0 Å². The summed E-state index contributed by atoms with van der Waals surface area (Å²) in [6, 6.07) is -0.0102. The van der Waals surface area contributed by atoms with E-state index in [1.54, 1.807) is 6.20 Å². The average molecular weight is 286 g/mol. The van der Waals surface area contributed by atoms with Gasteiger partial charge in [0.05, 0.1) is 24.0 Å². The Morgan fingerprint density at radius 2 is 2.32 bits per heavy atom. The third-order valence-corrected chi connectivity index (χ3v) is 3.89. The van der Waals surface area contributed by atoms with Crippen molar-refractivity contribution in [3.8, 4) is 0 Å². The molecular formula is C13H20ClN3O2. The van der Waals surface area contributed by atoms with Crippen molar-refractivity contribution >= 4 is 17.3 Å². The first kappa shape index (κ1) is 14.3. The molecule has 0 saturated heterocycles. The van der Waals surface area contributed by atoms with E-state index in [2.05, 4.69) is 10.4 Å². The van der Waals surface area contributed by atoms with Crippen molar-refractivity contribution in [2.75, 3.05) is 11.9 Å². The van der Waals surface area contributed by atoms with Crippen molar-refractivity contribution in [3.05, 3.63) is 21.6 Å². The van der Waals surface area contributed by atoms with Gasteiger partial charge < -0.3 is 10.4 Å². The van der Waals surface area contributed by atoms with Gasteiger partial charge in [-0.15, -0.1) is 0 Å². The molecular weight excluding hydrogens is 266 g/mol. The Morgan fingerprint density at radius 3 is 2.89 bits per heavy atom. The fourth-order valence-corrected chi connectivity index (χ4v) is 2.63. The van der Waals surface area contributed by atoms with Gasteiger partial charge >= 0.3 is 0 Å². The summed E-state index contributed by atoms with van der Waals surface area (Å²) in [4.78, 5) is 12.0. The Kier molecular flexibility index (Phi) is 4.47. The summed E-state index contributed by atoms with van der Waals surface area (Å²) in [5.74, 6) is 0.429. The van der Waals surface area contributed by atoms with Crippen LogP contribution in [0.25, 0.3) is 0 Å². The number of aliphatic hydroxyl groups excluding tert-OH is 1. The summed E-state index contributed by atoms with van der Waals surface area (Å²) in [7, 11) is 0. The second-order valence-electron chi connectivity index (χ2n) is 5.43. The number of nitrogens with zero attached hydrogens (tertiary/aromatic N) is 2. The summed E-state index contributed by atoms with van der Waals surface area (Å²) >= 11 is 6.07. The molecule has 2 N–H and O–H groups in total. The molecule has 1 saturated carbocycles. The Hall–Kier alpha value is -1.07. The van der Waals surface area contributed by atoms with Crippen molar-refractivity contribution in [2.24, 2.45) is 5.92 Å². The Labute approximate surface area is 117 Å². The zero-order valence-corrected chi connectivity index (χ0v) is 12.0. The molecule has 1 aliphatic rings. The lowest BCUT2D eigenvalue weighted by Gasteiger charge is -2.14. The van der Waals surface area contributed by atoms with Gasteiger partial charge in [-0.3, -0.25) is 4.79 Å². The lowest BCUT2D eigenvalue weighted by Crippen LogP contribution is -2.26. The Morgan fingerprint density at radius 1 is 1.58 bits per heavy atom. The fraction of sp³-hybridized carbons (Fsp3) is 0.692. The van der Waals surface area contributed by atoms with E-state index in [-0.39, 0.29) is 22.7 Å². The maximum absolute atomic E-state index is 12.0. The molecule has 1 aliphatic carbocycles. The largest absolute Gasteiger partial charge is 0.393 e. The monoisotopic (exact) mass is 285 g/mol. The number of aliphatic hydroxyl groups is 1. The third-order valence-electron chi connectivity index (χ3n) is 3.53. The van der Waals surface area contributed by atoms with E-state index in [0.717, 1.165) is 19.3 Å². The number of hydrogen-bond acceptors (Lipinski definition) is 4. The zero-order valence-electron chi connectivity index (χ0n) is 11.3. The summed E-state index contributed by atoms with van der Waals surface area (Å²) in [5.41, 5.74) is 0.304. The molecule has 0 spiro atoms. The highest BCUT2D eigenvalue weighted by molar-refractivity contribution is 6.32. The third kappa shape index (κ3) is 3.28. The maximum Gasteiger partial charge on any atom is 0.287 e. The van der Waals surface area contributed by atoms with Crippen molar-refractivity contribution < 1.29 is 5.11 Å². The van der Waals surface area contributed by atoms with Crippen molar-refractivity contribution in [1.82, 2.24) is 9.78 Å². The summed E-state index contributed by atoms with van der Waals surface area (Å²) < 4.78 is 1.37. The van der Waals surface area contributed by atoms with E-state index in [4.69, 9.17) is 11.6 Å². The number of rotatable bonds is 4. The fourth-order valence-electron chi connectivity index (χ4n) is 2.42. The van der Waals surface area contributed by atoms with Crippen LogP contribution < -0.4 is 10.9 Å². The summed E-state index contributed by atoms with van der Waals surface area (Å²) in [5, 5.41) is 16.9. The van der Waals surface area contributed by atoms with Gasteiger partial charge in [0, 0.05) is 6.54 Å². The van der Waals surface area contributed by atoms with Gasteiger partial charge in [0.1, 0.15) is 5.02 Å². The van der Waals surface area contributed by atoms with Crippen LogP contribution in [0.3, 0.4) is 0 Å². The quantitative estimate of drug-likeness (QED) is 0.888. The first-order valence-electron chi connectivity index (χ1n) is 6.68. The van der Waals surface area contributed by atoms with Gasteiger partial charge in [-0.2, -0.15) is 5.10 Å². The molecule has 1 aromatic heterocycles. The molecule has 2 rings (SSSR count). The lowest BCUT2D eigenvalue weighted by atomic mass is 10.1. The Balaban J connectivity index is 2.05. The number of halogens is 1. The summed E-state index contributed by atoms with van der Waals surface area (Å²) in [6.45, 7) is 4.49. The zero-order chi connectivity index (χ0) is 14.0. The summed E-state index contributed by atoms with van der Waals surface area (Å²) in [6.07, 6.45) is 4.07. The van der Waals surface area contributed by atoms with Crippen LogP contribution in [-0.4, -0.2) is 27.5 Å². The van der Waals surface area contributed by atoms with Crippen molar-refractivity contribution in [2.45, 2.75) is 45.3 Å². The topological polar surface area (TPSA) is 67.2 Å². The van der Waals surface area contributed by atoms with Crippen LogP contribution in [0.1, 0.15) is 39.2 Å². The molecule has 2 unspecified atom stereocenters. The van der Waals surface area contributed by atoms with Crippen LogP contribution in [0.5, 0.6) is 0 Å². The second kappa shape index (κ2) is 5.92. The van der Waals surface area contributed by atoms with Gasteiger partial charge in [-0.05, 0) is 39.0 Å². The van der Waals surface area contributed by atoms with Gasteiger partial charge in [0.2, 0.25) is 0 Å². The molecule has 1 heterocycles. The Bertz CT molecular complexity index is 501. The molecule has 0 aliphatic heterocycles. The maximum atomic E-state index is 12.0. The second-order valence-corrected chi connectivity index (χ2v) is 5.81. The minimum Gasteiger partial charge on any atom is -0.393 e. The molecule has 6 heteroatoms. The molecule has 19 heavy (non-hydrogen) atoms. The van der Waals surface area contributed by atoms with Gasteiger partial charge in [0.25, 0.3) is 5.56 Å². The smallest absolute Gasteiger partial charge is 0.287 e.